The van der Waals surface area contributed by atoms with Gasteiger partial charge in [-0.25, -0.2) is 12.2 Å². The van der Waals surface area contributed by atoms with Crippen LogP contribution in [0.15, 0.2) is 18.2 Å². The minimum Gasteiger partial charge on any atom is -0.273 e. The summed E-state index contributed by atoms with van der Waals surface area (Å²) in [5, 5.41) is 0. The zero-order valence-corrected chi connectivity index (χ0v) is 5.90. The third kappa shape index (κ3) is 1.72. The maximum atomic E-state index is 2.99. The van der Waals surface area contributed by atoms with E-state index in [1.807, 2.05) is 12.2 Å². The van der Waals surface area contributed by atoms with Gasteiger partial charge in [0.2, 0.25) is 0 Å². The second-order valence-corrected chi connectivity index (χ2v) is 1.00. The summed E-state index contributed by atoms with van der Waals surface area (Å²) >= 11 is 0. The van der Waals surface area contributed by atoms with E-state index in [4.69, 9.17) is 0 Å². The van der Waals surface area contributed by atoms with Crippen LogP contribution in [0.4, 0.5) is 0 Å². The van der Waals surface area contributed by atoms with Gasteiger partial charge in [0.1, 0.15) is 0 Å². The molecule has 30 valence electrons. The van der Waals surface area contributed by atoms with Crippen LogP contribution in [-0.4, -0.2) is 0 Å². The van der Waals surface area contributed by atoms with E-state index in [1.54, 1.807) is 0 Å². The van der Waals surface area contributed by atoms with E-state index in [2.05, 4.69) is 12.2 Å². The van der Waals surface area contributed by atoms with Crippen molar-refractivity contribution in [3.05, 3.63) is 24.3 Å². The van der Waals surface area contributed by atoms with Crippen LogP contribution in [0.3, 0.4) is 0 Å². The minimum atomic E-state index is 0. The van der Waals surface area contributed by atoms with Crippen molar-refractivity contribution in [1.29, 1.82) is 0 Å². The molecule has 0 nitrogen and oxygen atoms in total. The molecule has 0 aromatic rings. The van der Waals surface area contributed by atoms with Gasteiger partial charge >= 0.3 is 0 Å². The second-order valence-electron chi connectivity index (χ2n) is 1.00. The Morgan fingerprint density at radius 2 is 2.33 bits per heavy atom. The first kappa shape index (κ1) is 6.36. The van der Waals surface area contributed by atoms with Crippen molar-refractivity contribution in [2.75, 3.05) is 0 Å². The third-order valence-electron chi connectivity index (χ3n) is 0.586. The van der Waals surface area contributed by atoms with Crippen LogP contribution < -0.4 is 0 Å². The van der Waals surface area contributed by atoms with E-state index < -0.39 is 0 Å². The van der Waals surface area contributed by atoms with Crippen LogP contribution in [0.5, 0.6) is 0 Å². The van der Waals surface area contributed by atoms with Gasteiger partial charge in [0, 0.05) is 26.2 Å². The summed E-state index contributed by atoms with van der Waals surface area (Å²) in [7, 11) is 0. The van der Waals surface area contributed by atoms with Crippen LogP contribution >= 0.6 is 0 Å². The first-order valence-electron chi connectivity index (χ1n) is 1.72. The van der Waals surface area contributed by atoms with Gasteiger partial charge in [-0.15, -0.1) is 6.42 Å². The molecule has 0 unspecified atom stereocenters. The summed E-state index contributed by atoms with van der Waals surface area (Å²) in [5.41, 5.74) is 0. The Balaban J connectivity index is 0.000000250. The number of hydrogen-bond donors (Lipinski definition) is 0. The van der Waals surface area contributed by atoms with Crippen molar-refractivity contribution in [2.24, 2.45) is 0 Å². The van der Waals surface area contributed by atoms with Crippen molar-refractivity contribution in [2.45, 2.75) is 6.42 Å². The minimum absolute atomic E-state index is 0. The first-order chi connectivity index (χ1) is 2.50. The topological polar surface area (TPSA) is 0 Å². The summed E-state index contributed by atoms with van der Waals surface area (Å²) < 4.78 is 0. The molecular weight excluding hydrogens is 151 g/mol. The van der Waals surface area contributed by atoms with E-state index in [-0.39, 0.29) is 26.2 Å². The van der Waals surface area contributed by atoms with E-state index >= 15 is 0 Å². The molecule has 0 aromatic heterocycles. The van der Waals surface area contributed by atoms with Gasteiger partial charge in [-0.2, -0.15) is 6.08 Å². The zero-order chi connectivity index (χ0) is 3.54. The monoisotopic (exact) mass is 155 g/mol. The van der Waals surface area contributed by atoms with Crippen molar-refractivity contribution in [1.82, 2.24) is 0 Å². The Bertz CT molecular complexity index is 62.0. The smallest absolute Gasteiger partial charge is 0 e. The molecule has 0 spiro atoms. The van der Waals surface area contributed by atoms with E-state index in [9.17, 15) is 0 Å². The summed E-state index contributed by atoms with van der Waals surface area (Å²) in [6.07, 6.45) is 10.0. The molecule has 1 aliphatic rings. The maximum absolute atomic E-state index is 2.99. The standard InChI is InChI=1S/C5H5.Zr/c1-2-4-5-3-1;/h1-3H,4H2;/q-1;. The Morgan fingerprint density at radius 1 is 1.50 bits per heavy atom. The fourth-order valence-corrected chi connectivity index (χ4v) is 0.340. The van der Waals surface area contributed by atoms with Crippen LogP contribution in [0.25, 0.3) is 0 Å². The van der Waals surface area contributed by atoms with Gasteiger partial charge < -0.3 is 0 Å². The van der Waals surface area contributed by atoms with Gasteiger partial charge in [-0.1, -0.05) is 0 Å². The first-order valence-corrected chi connectivity index (χ1v) is 1.72. The average molecular weight is 156 g/mol. The van der Waals surface area contributed by atoms with E-state index in [0.29, 0.717) is 0 Å². The molecule has 0 aromatic carbocycles. The van der Waals surface area contributed by atoms with Gasteiger partial charge in [-0.3, -0.25) is 6.08 Å². The molecule has 0 fully saturated rings. The molecule has 1 aliphatic carbocycles. The molecule has 0 N–H and O–H groups in total. The van der Waals surface area contributed by atoms with E-state index in [1.165, 1.54) is 0 Å². The predicted molar refractivity (Wildman–Crippen MR) is 21.6 cm³/mol. The second kappa shape index (κ2) is 3.55. The third-order valence-corrected chi connectivity index (χ3v) is 0.586. The van der Waals surface area contributed by atoms with E-state index in [0.717, 1.165) is 6.42 Å². The number of rotatable bonds is 0. The van der Waals surface area contributed by atoms with Crippen LogP contribution in [0.1, 0.15) is 6.42 Å². The van der Waals surface area contributed by atoms with Gasteiger partial charge in [0.15, 0.2) is 0 Å². The summed E-state index contributed by atoms with van der Waals surface area (Å²) in [5.74, 6) is 0. The summed E-state index contributed by atoms with van der Waals surface area (Å²) in [4.78, 5) is 0. The molecule has 0 bridgehead atoms. The van der Waals surface area contributed by atoms with Gasteiger partial charge in [0.05, 0.1) is 0 Å². The molecule has 0 atom stereocenters. The molecular formula is C5H5Zr-. The largest absolute Gasteiger partial charge is 0.273 e. The Labute approximate surface area is 57.1 Å². The van der Waals surface area contributed by atoms with Crippen molar-refractivity contribution >= 4 is 0 Å². The van der Waals surface area contributed by atoms with Crippen LogP contribution in [-0.2, 0) is 26.2 Å². The molecule has 6 heavy (non-hydrogen) atoms. The summed E-state index contributed by atoms with van der Waals surface area (Å²) in [6.45, 7) is 0. The molecule has 0 saturated carbocycles. The van der Waals surface area contributed by atoms with Crippen molar-refractivity contribution in [3.63, 3.8) is 0 Å². The fraction of sp³-hybridized carbons (Fsp3) is 0.200. The van der Waals surface area contributed by atoms with Crippen molar-refractivity contribution < 1.29 is 26.2 Å². The molecule has 0 heterocycles. The molecule has 0 radical (unpaired) electrons. The Kier molecular flexibility index (Phi) is 3.76. The van der Waals surface area contributed by atoms with Crippen LogP contribution in [0, 0.1) is 6.08 Å². The molecule has 0 aliphatic heterocycles. The summed E-state index contributed by atoms with van der Waals surface area (Å²) in [6, 6.07) is 0. The quantitative estimate of drug-likeness (QED) is 0.464. The molecule has 1 heteroatoms. The maximum Gasteiger partial charge on any atom is 0 e. The molecule has 0 saturated heterocycles. The SMILES string of the molecule is [C-]1=CC=CC1.[Zr]. The normalized spacial score (nSPS) is 14.7. The zero-order valence-electron chi connectivity index (χ0n) is 3.44. The van der Waals surface area contributed by atoms with Crippen LogP contribution in [0.2, 0.25) is 0 Å². The Morgan fingerprint density at radius 3 is 2.50 bits per heavy atom. The van der Waals surface area contributed by atoms with Gasteiger partial charge in [-0.05, 0) is 0 Å². The van der Waals surface area contributed by atoms with Crippen molar-refractivity contribution in [3.8, 4) is 0 Å². The average Bonchev–Trinajstić information content (AvgIpc) is 1.76. The number of allylic oxidation sites excluding steroid dienone is 4. The number of hydrogen-bond acceptors (Lipinski definition) is 0. The molecule has 1 rings (SSSR count). The van der Waals surface area contributed by atoms with Gasteiger partial charge in [0.25, 0.3) is 0 Å². The predicted octanol–water partition coefficient (Wildman–Crippen LogP) is 1.30. The Hall–Kier alpha value is 0.363. The fourth-order valence-electron chi connectivity index (χ4n) is 0.340. The molecule has 0 amide bonds.